The molecule has 39 heavy (non-hydrogen) atoms. The first kappa shape index (κ1) is 23.5. The maximum Gasteiger partial charge on any atom is 0.165 e. The second kappa shape index (κ2) is 7.94. The standard InChI is InChI=1S/C34H42N2O3/c1-37-27-11-10-24-17-28-32-12-13-34(38-2,26(18-32)23-4-3-5-25(16-23)35-19-21-6-7-21)31-33(32,29(24)30(27)39-31)14-15-36(28)20-22-8-9-22/h3-5,10-11,16,21-22,26,28,31,35H,6-9,12-15,17-20H2,1-2H3/t26-,28-,31-,32-,33+,34-/m1/s1. The molecule has 0 amide bonds. The molecule has 6 atom stereocenters. The van der Waals surface area contributed by atoms with Crippen LogP contribution >= 0.6 is 0 Å². The first-order valence-electron chi connectivity index (χ1n) is 15.6. The Hall–Kier alpha value is -2.24. The molecular formula is C34H42N2O3. The van der Waals surface area contributed by atoms with Crippen molar-refractivity contribution in [2.45, 2.75) is 86.9 Å². The van der Waals surface area contributed by atoms with Gasteiger partial charge in [0.25, 0.3) is 0 Å². The summed E-state index contributed by atoms with van der Waals surface area (Å²) in [5, 5.41) is 3.75. The maximum absolute atomic E-state index is 7.24. The van der Waals surface area contributed by atoms with Crippen LogP contribution in [0.1, 0.15) is 74.0 Å². The largest absolute Gasteiger partial charge is 0.493 e. The van der Waals surface area contributed by atoms with E-state index in [0.717, 1.165) is 42.7 Å². The number of ether oxygens (including phenoxy) is 3. The van der Waals surface area contributed by atoms with Gasteiger partial charge in [0.05, 0.1) is 7.11 Å². The number of nitrogens with zero attached hydrogens (tertiary/aromatic N) is 1. The van der Waals surface area contributed by atoms with Crippen LogP contribution in [0.5, 0.6) is 11.5 Å². The zero-order valence-corrected chi connectivity index (χ0v) is 23.5. The number of hydrogen-bond acceptors (Lipinski definition) is 5. The van der Waals surface area contributed by atoms with Crippen molar-refractivity contribution in [2.75, 3.05) is 39.2 Å². The van der Waals surface area contributed by atoms with Gasteiger partial charge in [0, 0.05) is 54.2 Å². The van der Waals surface area contributed by atoms with E-state index in [0.29, 0.717) is 12.0 Å². The van der Waals surface area contributed by atoms with Gasteiger partial charge in [0.1, 0.15) is 11.7 Å². The first-order chi connectivity index (χ1) is 19.1. The number of nitrogens with one attached hydrogen (secondary N) is 1. The molecule has 2 aromatic rings. The smallest absolute Gasteiger partial charge is 0.165 e. The van der Waals surface area contributed by atoms with E-state index in [2.05, 4.69) is 46.6 Å². The zero-order valence-electron chi connectivity index (χ0n) is 23.5. The Bertz CT molecular complexity index is 1340. The summed E-state index contributed by atoms with van der Waals surface area (Å²) >= 11 is 0. The Kier molecular flexibility index (Phi) is 4.78. The minimum absolute atomic E-state index is 0.0156. The summed E-state index contributed by atoms with van der Waals surface area (Å²) in [7, 11) is 3.76. The molecule has 6 aliphatic carbocycles. The van der Waals surface area contributed by atoms with Gasteiger partial charge in [-0.25, -0.2) is 0 Å². The average molecular weight is 527 g/mol. The highest BCUT2D eigenvalue weighted by Gasteiger charge is 2.80. The monoisotopic (exact) mass is 526 g/mol. The summed E-state index contributed by atoms with van der Waals surface area (Å²) in [6.45, 7) is 3.56. The highest BCUT2D eigenvalue weighted by molar-refractivity contribution is 5.64. The highest BCUT2D eigenvalue weighted by Crippen LogP contribution is 2.78. The number of likely N-dealkylation sites (tertiary alicyclic amines) is 1. The lowest BCUT2D eigenvalue weighted by molar-refractivity contribution is -0.261. The summed E-state index contributed by atoms with van der Waals surface area (Å²) in [4.78, 5) is 2.93. The Morgan fingerprint density at radius 2 is 1.90 bits per heavy atom. The summed E-state index contributed by atoms with van der Waals surface area (Å²) in [6.07, 6.45) is 11.4. The number of benzene rings is 2. The summed E-state index contributed by atoms with van der Waals surface area (Å²) in [5.74, 6) is 4.02. The van der Waals surface area contributed by atoms with E-state index in [1.165, 1.54) is 80.4 Å². The molecule has 6 fully saturated rings. The van der Waals surface area contributed by atoms with E-state index in [1.54, 1.807) is 7.11 Å². The van der Waals surface area contributed by atoms with E-state index < -0.39 is 0 Å². The lowest BCUT2D eigenvalue weighted by Gasteiger charge is -2.74. The number of rotatable bonds is 8. The van der Waals surface area contributed by atoms with Gasteiger partial charge >= 0.3 is 0 Å². The second-order valence-electron chi connectivity index (χ2n) is 14.0. The van der Waals surface area contributed by atoms with Crippen molar-refractivity contribution in [3.8, 4) is 11.5 Å². The molecule has 0 aromatic heterocycles. The van der Waals surface area contributed by atoms with Crippen molar-refractivity contribution in [1.29, 1.82) is 0 Å². The Balaban J connectivity index is 1.21. The predicted octanol–water partition coefficient (Wildman–Crippen LogP) is 5.91. The molecule has 2 spiro atoms. The van der Waals surface area contributed by atoms with Crippen LogP contribution in [-0.2, 0) is 16.6 Å². The first-order valence-corrected chi connectivity index (χ1v) is 15.6. The number of hydrogen-bond donors (Lipinski definition) is 1. The van der Waals surface area contributed by atoms with Gasteiger partial charge in [-0.15, -0.1) is 0 Å². The Morgan fingerprint density at radius 1 is 1.03 bits per heavy atom. The van der Waals surface area contributed by atoms with E-state index >= 15 is 0 Å². The van der Waals surface area contributed by atoms with Gasteiger partial charge in [-0.2, -0.15) is 0 Å². The number of anilines is 1. The van der Waals surface area contributed by atoms with Crippen molar-refractivity contribution in [3.63, 3.8) is 0 Å². The van der Waals surface area contributed by atoms with Gasteiger partial charge in [0.15, 0.2) is 11.5 Å². The molecule has 0 radical (unpaired) electrons. The molecule has 0 unspecified atom stereocenters. The fraction of sp³-hybridized carbons (Fsp3) is 0.647. The molecule has 2 aliphatic heterocycles. The number of piperidine rings is 1. The van der Waals surface area contributed by atoms with Crippen molar-refractivity contribution in [1.82, 2.24) is 4.90 Å². The Morgan fingerprint density at radius 3 is 2.69 bits per heavy atom. The molecule has 5 nitrogen and oxygen atoms in total. The number of fused-ring (bicyclic) bond motifs is 2. The van der Waals surface area contributed by atoms with Crippen LogP contribution < -0.4 is 14.8 Å². The molecule has 4 bridgehead atoms. The van der Waals surface area contributed by atoms with Crippen LogP contribution in [0.15, 0.2) is 36.4 Å². The highest BCUT2D eigenvalue weighted by atomic mass is 16.6. The molecule has 206 valence electrons. The van der Waals surface area contributed by atoms with Crippen LogP contribution in [0, 0.1) is 17.3 Å². The second-order valence-corrected chi connectivity index (χ2v) is 14.0. The van der Waals surface area contributed by atoms with Crippen LogP contribution in [0.2, 0.25) is 0 Å². The fourth-order valence-corrected chi connectivity index (χ4v) is 10.4. The molecule has 5 heteroatoms. The SMILES string of the molecule is COc1ccc2c3c1O[C@H]1[C@@]4(OC)CC[C@@]5(C[C@@H]4c4cccc(NCC6CC6)c4)[C@@H](C2)N(CC2CC2)CC[C@]315. The van der Waals surface area contributed by atoms with Crippen LogP contribution in [0.3, 0.4) is 0 Å². The topological polar surface area (TPSA) is 43.0 Å². The number of methoxy groups -OCH3 is 2. The summed E-state index contributed by atoms with van der Waals surface area (Å²) in [6, 6.07) is 14.4. The van der Waals surface area contributed by atoms with Crippen molar-refractivity contribution in [2.24, 2.45) is 17.3 Å². The molecule has 1 saturated heterocycles. The maximum atomic E-state index is 7.24. The predicted molar refractivity (Wildman–Crippen MR) is 152 cm³/mol. The molecular weight excluding hydrogens is 484 g/mol. The lowest BCUT2D eigenvalue weighted by atomic mass is 9.34. The fourth-order valence-electron chi connectivity index (χ4n) is 10.4. The van der Waals surface area contributed by atoms with E-state index in [-0.39, 0.29) is 22.5 Å². The van der Waals surface area contributed by atoms with Crippen LogP contribution in [0.25, 0.3) is 0 Å². The third kappa shape index (κ3) is 2.94. The minimum atomic E-state index is -0.335. The molecule has 8 aliphatic rings. The normalized spacial score (nSPS) is 39.3. The molecule has 2 aromatic carbocycles. The Labute approximate surface area is 232 Å². The summed E-state index contributed by atoms with van der Waals surface area (Å²) < 4.78 is 20.0. The molecule has 1 N–H and O–H groups in total. The molecule has 5 saturated carbocycles. The van der Waals surface area contributed by atoms with Gasteiger partial charge in [0.2, 0.25) is 0 Å². The molecule has 10 rings (SSSR count). The van der Waals surface area contributed by atoms with E-state index in [1.807, 2.05) is 7.11 Å². The van der Waals surface area contributed by atoms with Gasteiger partial charge in [-0.3, -0.25) is 4.90 Å². The van der Waals surface area contributed by atoms with E-state index in [9.17, 15) is 0 Å². The van der Waals surface area contributed by atoms with Crippen molar-refractivity contribution in [3.05, 3.63) is 53.1 Å². The third-order valence-electron chi connectivity index (χ3n) is 12.4. The summed E-state index contributed by atoms with van der Waals surface area (Å²) in [5.41, 5.74) is 5.58. The van der Waals surface area contributed by atoms with E-state index in [4.69, 9.17) is 14.2 Å². The third-order valence-corrected chi connectivity index (χ3v) is 12.4. The van der Waals surface area contributed by atoms with Gasteiger partial charge < -0.3 is 19.5 Å². The van der Waals surface area contributed by atoms with Crippen LogP contribution in [-0.4, -0.2) is 56.5 Å². The molecule has 2 heterocycles. The van der Waals surface area contributed by atoms with Crippen LogP contribution in [0.4, 0.5) is 5.69 Å². The van der Waals surface area contributed by atoms with Gasteiger partial charge in [-0.1, -0.05) is 18.2 Å². The zero-order chi connectivity index (χ0) is 26.0. The van der Waals surface area contributed by atoms with Crippen molar-refractivity contribution < 1.29 is 14.2 Å². The van der Waals surface area contributed by atoms with Gasteiger partial charge in [-0.05, 0) is 105 Å². The van der Waals surface area contributed by atoms with Crippen molar-refractivity contribution >= 4 is 5.69 Å². The lowest BCUT2D eigenvalue weighted by Crippen LogP contribution is -2.80. The average Bonchev–Trinajstić information content (AvgIpc) is 3.91. The minimum Gasteiger partial charge on any atom is -0.493 e. The quantitative estimate of drug-likeness (QED) is 0.463.